The van der Waals surface area contributed by atoms with Gasteiger partial charge in [0.05, 0.1) is 15.0 Å². The van der Waals surface area contributed by atoms with Crippen LogP contribution in [0.1, 0.15) is 10.4 Å². The average molecular weight is 497 g/mol. The summed E-state index contributed by atoms with van der Waals surface area (Å²) >= 11 is 0. The van der Waals surface area contributed by atoms with Crippen molar-refractivity contribution in [2.75, 3.05) is 7.11 Å². The van der Waals surface area contributed by atoms with E-state index >= 15 is 0 Å². The van der Waals surface area contributed by atoms with Crippen LogP contribution >= 0.6 is 7.92 Å². The summed E-state index contributed by atoms with van der Waals surface area (Å²) in [6.45, 7) is 9.00. The standard InChI is InChI=1S/C18H15P.C7H7O2.2CO.Mn/c1-4-10-16(11-5-1)19(17-12-6-2-7-13-17)18-14-8-3-9-15-18;1-9-7(8)6-4-2-3-5-6;2*1-2;/h1-15H;2-5H,1H3;;;/q;-1;;;/p+1. The summed E-state index contributed by atoms with van der Waals surface area (Å²) in [5.74, 6) is -0.278. The molecule has 4 nitrogen and oxygen atoms in total. The van der Waals surface area contributed by atoms with Gasteiger partial charge < -0.3 is 4.74 Å². The topological polar surface area (TPSA) is 66.1 Å². The van der Waals surface area contributed by atoms with Gasteiger partial charge in [-0.15, -0.1) is 0 Å². The molecule has 4 aromatic carbocycles. The fourth-order valence-corrected chi connectivity index (χ4v) is 5.52. The normalized spacial score (nSPS) is 8.67. The molecular formula is C27H23MnO4P. The molecule has 0 aliphatic rings. The van der Waals surface area contributed by atoms with Crippen LogP contribution in [-0.2, 0) is 31.1 Å². The average Bonchev–Trinajstić information content (AvgIpc) is 3.44. The molecule has 4 aromatic rings. The summed E-state index contributed by atoms with van der Waals surface area (Å²) in [6.07, 6.45) is 0. The van der Waals surface area contributed by atoms with Crippen molar-refractivity contribution in [2.45, 2.75) is 0 Å². The van der Waals surface area contributed by atoms with Crippen LogP contribution in [0, 0.1) is 13.3 Å². The minimum absolute atomic E-state index is 0. The number of carbonyl (C=O) groups is 1. The molecule has 0 aliphatic heterocycles. The minimum Gasteiger partial charge on any atom is -0.0620 e. The number of rotatable bonds is 4. The van der Waals surface area contributed by atoms with E-state index in [1.54, 1.807) is 24.3 Å². The van der Waals surface area contributed by atoms with Crippen molar-refractivity contribution in [3.8, 4) is 0 Å². The molecule has 0 aliphatic carbocycles. The maximum atomic E-state index is 10.7. The van der Waals surface area contributed by atoms with Crippen molar-refractivity contribution in [3.05, 3.63) is 134 Å². The van der Waals surface area contributed by atoms with Crippen LogP contribution in [0.4, 0.5) is 0 Å². The van der Waals surface area contributed by atoms with Crippen molar-refractivity contribution >= 4 is 29.8 Å². The fraction of sp³-hybridized carbons (Fsp3) is 0.0370. The molecule has 0 aromatic heterocycles. The monoisotopic (exact) mass is 497 g/mol. The van der Waals surface area contributed by atoms with Gasteiger partial charge in [0.2, 0.25) is 0 Å². The largest absolute Gasteiger partial charge is 0.102 e. The number of carbonyl (C=O) groups excluding carboxylic acids is 1. The Kier molecular flexibility index (Phi) is 16.7. The first kappa shape index (κ1) is 29.9. The van der Waals surface area contributed by atoms with Crippen LogP contribution < -0.4 is 15.9 Å². The zero-order chi connectivity index (χ0) is 23.6. The number of methoxy groups -OCH3 is 1. The van der Waals surface area contributed by atoms with E-state index in [1.807, 2.05) is 0 Å². The summed E-state index contributed by atoms with van der Waals surface area (Å²) in [7, 11) is 0.493. The molecule has 0 amide bonds. The molecule has 0 unspecified atom stereocenters. The van der Waals surface area contributed by atoms with E-state index in [4.69, 9.17) is 9.30 Å². The van der Waals surface area contributed by atoms with Crippen LogP contribution in [0.15, 0.2) is 115 Å². The molecule has 0 saturated heterocycles. The Morgan fingerprint density at radius 2 is 0.970 bits per heavy atom. The van der Waals surface area contributed by atoms with E-state index in [0.717, 1.165) is 0 Å². The van der Waals surface area contributed by atoms with E-state index < -0.39 is 7.92 Å². The smallest absolute Gasteiger partial charge is 0.0620 e. The summed E-state index contributed by atoms with van der Waals surface area (Å²) in [5.41, 5.74) is 0.609. The van der Waals surface area contributed by atoms with Gasteiger partial charge in [-0.2, -0.15) is 12.1 Å². The first-order chi connectivity index (χ1) is 15.8. The van der Waals surface area contributed by atoms with Gasteiger partial charge in [0, 0.05) is 17.1 Å². The zero-order valence-corrected chi connectivity index (χ0v) is 20.2. The number of ether oxygens (including phenoxy) is 1. The van der Waals surface area contributed by atoms with Gasteiger partial charge in [-0.1, -0.05) is 60.2 Å². The van der Waals surface area contributed by atoms with Crippen LogP contribution in [-0.4, -0.2) is 13.1 Å². The van der Waals surface area contributed by atoms with Crippen LogP contribution in [0.5, 0.6) is 0 Å². The van der Waals surface area contributed by atoms with Gasteiger partial charge in [0.25, 0.3) is 5.97 Å². The predicted molar refractivity (Wildman–Crippen MR) is 128 cm³/mol. The summed E-state index contributed by atoms with van der Waals surface area (Å²) in [6, 6.07) is 39.5. The Hall–Kier alpha value is -3.09. The van der Waals surface area contributed by atoms with Gasteiger partial charge in [0.1, 0.15) is 15.9 Å². The van der Waals surface area contributed by atoms with Crippen LogP contribution in [0.2, 0.25) is 0 Å². The van der Waals surface area contributed by atoms with Gasteiger partial charge >= 0.3 is 22.6 Å². The fourth-order valence-electron chi connectivity index (χ4n) is 2.94. The molecule has 0 bridgehead atoms. The number of benzene rings is 3. The van der Waals surface area contributed by atoms with Gasteiger partial charge in [-0.25, -0.2) is 12.1 Å². The van der Waals surface area contributed by atoms with Crippen molar-refractivity contribution in [1.82, 2.24) is 0 Å². The summed E-state index contributed by atoms with van der Waals surface area (Å²) in [5, 5.41) is 4.31. The predicted octanol–water partition coefficient (Wildman–Crippen LogP) is 4.29. The maximum Gasteiger partial charge on any atom is 0.102 e. The molecule has 0 N–H and O–H groups in total. The Morgan fingerprint density at radius 1 is 0.667 bits per heavy atom. The van der Waals surface area contributed by atoms with E-state index in [1.165, 1.54) is 23.0 Å². The first-order valence-electron chi connectivity index (χ1n) is 9.53. The third-order valence-electron chi connectivity index (χ3n) is 4.27. The van der Waals surface area contributed by atoms with Crippen molar-refractivity contribution in [3.63, 3.8) is 0 Å². The molecule has 167 valence electrons. The van der Waals surface area contributed by atoms with E-state index in [9.17, 15) is 4.79 Å². The van der Waals surface area contributed by atoms with E-state index in [0.29, 0.717) is 5.56 Å². The van der Waals surface area contributed by atoms with Crippen molar-refractivity contribution in [2.24, 2.45) is 0 Å². The van der Waals surface area contributed by atoms with Gasteiger partial charge in [-0.3, -0.25) is 4.79 Å². The molecule has 0 spiro atoms. The number of hydrogen-bond donors (Lipinski definition) is 0. The van der Waals surface area contributed by atoms with Gasteiger partial charge in [0.15, 0.2) is 0 Å². The molecular weight excluding hydrogens is 474 g/mol. The Balaban J connectivity index is 0.000000621. The van der Waals surface area contributed by atoms with Gasteiger partial charge in [-0.05, 0) is 36.4 Å². The second kappa shape index (κ2) is 18.5. The summed E-state index contributed by atoms with van der Waals surface area (Å²) in [4.78, 5) is 10.7. The summed E-state index contributed by atoms with van der Waals surface area (Å²) < 4.78 is 19.5. The maximum absolute atomic E-state index is 10.7. The van der Waals surface area contributed by atoms with E-state index in [2.05, 4.69) is 109 Å². The molecule has 33 heavy (non-hydrogen) atoms. The van der Waals surface area contributed by atoms with Crippen LogP contribution in [0.3, 0.4) is 0 Å². The molecule has 1 radical (unpaired) electrons. The SMILES string of the molecule is COC(=O)[c-]1cccc1.[C-]#[O+].[C-]#[O+].[Mn].c1ccc([PH+](c2ccccc2)c2ccccc2)cc1. The Labute approximate surface area is 206 Å². The second-order valence-electron chi connectivity index (χ2n) is 6.14. The second-order valence-corrected chi connectivity index (χ2v) is 8.62. The Morgan fingerprint density at radius 3 is 1.24 bits per heavy atom. The molecule has 0 fully saturated rings. The third-order valence-corrected chi connectivity index (χ3v) is 7.00. The molecule has 4 rings (SSSR count). The molecule has 6 heteroatoms. The quantitative estimate of drug-likeness (QED) is 0.139. The molecule has 0 atom stereocenters. The number of hydrogen-bond acceptors (Lipinski definition) is 2. The van der Waals surface area contributed by atoms with E-state index in [-0.39, 0.29) is 23.0 Å². The molecule has 0 saturated carbocycles. The van der Waals surface area contributed by atoms with Crippen LogP contribution in [0.25, 0.3) is 0 Å². The minimum atomic E-state index is -0.877. The third kappa shape index (κ3) is 9.93. The zero-order valence-electron chi connectivity index (χ0n) is 18.0. The molecule has 0 heterocycles. The van der Waals surface area contributed by atoms with Crippen molar-refractivity contribution in [1.29, 1.82) is 0 Å². The number of esters is 1. The van der Waals surface area contributed by atoms with Crippen molar-refractivity contribution < 1.29 is 35.9 Å². The first-order valence-corrected chi connectivity index (χ1v) is 11.0. The Bertz CT molecular complexity index is 948.